The van der Waals surface area contributed by atoms with Gasteiger partial charge in [0, 0.05) is 24.7 Å². The van der Waals surface area contributed by atoms with Crippen molar-refractivity contribution >= 4 is 34.7 Å². The van der Waals surface area contributed by atoms with Crippen molar-refractivity contribution in [1.82, 2.24) is 9.88 Å². The maximum absolute atomic E-state index is 12.5. The summed E-state index contributed by atoms with van der Waals surface area (Å²) in [6, 6.07) is 7.33. The average Bonchev–Trinajstić information content (AvgIpc) is 2.84. The summed E-state index contributed by atoms with van der Waals surface area (Å²) in [6.45, 7) is 3.23. The van der Waals surface area contributed by atoms with Crippen LogP contribution in [0.1, 0.15) is 22.2 Å². The zero-order valence-electron chi connectivity index (χ0n) is 11.4. The summed E-state index contributed by atoms with van der Waals surface area (Å²) in [5.41, 5.74) is 0.583. The van der Waals surface area contributed by atoms with Crippen LogP contribution in [0.3, 0.4) is 0 Å². The van der Waals surface area contributed by atoms with Crippen LogP contribution >= 0.6 is 22.9 Å². The van der Waals surface area contributed by atoms with Crippen LogP contribution in [0.4, 0.5) is 5.82 Å². The topological polar surface area (TPSA) is 45.2 Å². The Morgan fingerprint density at radius 2 is 2.25 bits per heavy atom. The lowest BCUT2D eigenvalue weighted by Gasteiger charge is -2.18. The van der Waals surface area contributed by atoms with E-state index < -0.39 is 0 Å². The van der Waals surface area contributed by atoms with Gasteiger partial charge in [0.15, 0.2) is 0 Å². The van der Waals surface area contributed by atoms with Crippen LogP contribution in [-0.2, 0) is 6.54 Å². The zero-order valence-corrected chi connectivity index (χ0v) is 13.0. The lowest BCUT2D eigenvalue weighted by molar-refractivity contribution is 0.0787. The highest BCUT2D eigenvalue weighted by Gasteiger charge is 2.17. The summed E-state index contributed by atoms with van der Waals surface area (Å²) in [5, 5.41) is 3.10. The Bertz CT molecular complexity index is 600. The molecule has 1 amide bonds. The molecule has 0 spiro atoms. The minimum absolute atomic E-state index is 0.0569. The molecule has 0 fully saturated rings. The van der Waals surface area contributed by atoms with Gasteiger partial charge in [-0.15, -0.1) is 11.3 Å². The van der Waals surface area contributed by atoms with Crippen LogP contribution in [0.2, 0.25) is 4.34 Å². The molecule has 0 aliphatic carbocycles. The number of rotatable bonds is 5. The van der Waals surface area contributed by atoms with Crippen LogP contribution in [0.5, 0.6) is 0 Å². The highest BCUT2D eigenvalue weighted by atomic mass is 35.5. The van der Waals surface area contributed by atoms with Crippen molar-refractivity contribution in [3.63, 3.8) is 0 Å². The molecule has 0 aromatic carbocycles. The summed E-state index contributed by atoms with van der Waals surface area (Å²) in [4.78, 5) is 19.4. The van der Waals surface area contributed by atoms with E-state index in [-0.39, 0.29) is 5.91 Å². The Kier molecular flexibility index (Phi) is 4.98. The number of hydrogen-bond acceptors (Lipinski definition) is 4. The van der Waals surface area contributed by atoms with Gasteiger partial charge < -0.3 is 10.2 Å². The number of nitrogens with one attached hydrogen (secondary N) is 1. The van der Waals surface area contributed by atoms with E-state index in [0.29, 0.717) is 17.9 Å². The first-order valence-corrected chi connectivity index (χ1v) is 7.49. The largest absolute Gasteiger partial charge is 0.370 e. The first kappa shape index (κ1) is 14.8. The summed E-state index contributed by atoms with van der Waals surface area (Å²) < 4.78 is 0.732. The van der Waals surface area contributed by atoms with Crippen LogP contribution in [-0.4, -0.2) is 29.4 Å². The Labute approximate surface area is 127 Å². The Hall–Kier alpha value is -1.59. The van der Waals surface area contributed by atoms with Gasteiger partial charge in [0.25, 0.3) is 5.91 Å². The van der Waals surface area contributed by atoms with E-state index in [9.17, 15) is 4.79 Å². The molecular formula is C14H16ClN3OS. The summed E-state index contributed by atoms with van der Waals surface area (Å²) in [7, 11) is 1.78. The molecule has 6 heteroatoms. The van der Waals surface area contributed by atoms with E-state index >= 15 is 0 Å². The molecule has 20 heavy (non-hydrogen) atoms. The van der Waals surface area contributed by atoms with Crippen molar-refractivity contribution in [3.05, 3.63) is 45.2 Å². The van der Waals surface area contributed by atoms with Gasteiger partial charge in [-0.3, -0.25) is 4.79 Å². The van der Waals surface area contributed by atoms with Crippen LogP contribution < -0.4 is 5.32 Å². The molecule has 0 bridgehead atoms. The van der Waals surface area contributed by atoms with E-state index in [2.05, 4.69) is 10.3 Å². The normalized spacial score (nSPS) is 10.3. The number of aromatic nitrogens is 1. The molecule has 4 nitrogen and oxygen atoms in total. The number of carbonyl (C=O) groups is 1. The smallest absolute Gasteiger partial charge is 0.257 e. The van der Waals surface area contributed by atoms with Gasteiger partial charge in [0.1, 0.15) is 5.82 Å². The molecule has 2 aromatic rings. The predicted molar refractivity (Wildman–Crippen MR) is 83.5 cm³/mol. The molecular weight excluding hydrogens is 294 g/mol. The number of halogens is 1. The highest BCUT2D eigenvalue weighted by Crippen LogP contribution is 2.23. The van der Waals surface area contributed by atoms with Gasteiger partial charge in [-0.05, 0) is 31.2 Å². The lowest BCUT2D eigenvalue weighted by Crippen LogP contribution is -2.27. The molecule has 1 N–H and O–H groups in total. The van der Waals surface area contributed by atoms with Gasteiger partial charge in [0.05, 0.1) is 16.4 Å². The van der Waals surface area contributed by atoms with Crippen molar-refractivity contribution in [3.8, 4) is 0 Å². The fourth-order valence-corrected chi connectivity index (χ4v) is 2.98. The second-order valence-electron chi connectivity index (χ2n) is 4.30. The van der Waals surface area contributed by atoms with Crippen LogP contribution in [0.25, 0.3) is 0 Å². The number of nitrogens with zero attached hydrogens (tertiary/aromatic N) is 2. The quantitative estimate of drug-likeness (QED) is 0.919. The van der Waals surface area contributed by atoms with E-state index in [1.54, 1.807) is 30.3 Å². The third-order valence-electron chi connectivity index (χ3n) is 2.75. The van der Waals surface area contributed by atoms with E-state index in [1.165, 1.54) is 11.3 Å². The maximum atomic E-state index is 12.5. The third kappa shape index (κ3) is 3.49. The van der Waals surface area contributed by atoms with Gasteiger partial charge in [-0.1, -0.05) is 11.6 Å². The first-order chi connectivity index (χ1) is 9.61. The molecule has 0 saturated heterocycles. The fraction of sp³-hybridized carbons (Fsp3) is 0.286. The minimum Gasteiger partial charge on any atom is -0.370 e. The molecule has 106 valence electrons. The number of hydrogen-bond donors (Lipinski definition) is 1. The Balaban J connectivity index is 2.14. The minimum atomic E-state index is -0.0569. The molecule has 2 rings (SSSR count). The molecule has 2 heterocycles. The number of anilines is 1. The molecule has 0 unspecified atom stereocenters. The van der Waals surface area contributed by atoms with Crippen molar-refractivity contribution in [2.75, 3.05) is 18.9 Å². The fourth-order valence-electron chi connectivity index (χ4n) is 1.83. The molecule has 0 aliphatic rings. The van der Waals surface area contributed by atoms with E-state index in [4.69, 9.17) is 11.6 Å². The molecule has 0 radical (unpaired) electrons. The maximum Gasteiger partial charge on any atom is 0.257 e. The van der Waals surface area contributed by atoms with E-state index in [0.717, 1.165) is 15.8 Å². The predicted octanol–water partition coefficient (Wildman–Crippen LogP) is 3.50. The van der Waals surface area contributed by atoms with Crippen molar-refractivity contribution in [2.45, 2.75) is 13.5 Å². The SMILES string of the molecule is CCNc1ncccc1C(=O)N(C)Cc1ccc(Cl)s1. The van der Waals surface area contributed by atoms with Gasteiger partial charge in [0.2, 0.25) is 0 Å². The summed E-state index contributed by atoms with van der Waals surface area (Å²) >= 11 is 7.39. The Morgan fingerprint density at radius 1 is 1.45 bits per heavy atom. The number of pyridine rings is 1. The van der Waals surface area contributed by atoms with Crippen LogP contribution in [0, 0.1) is 0 Å². The number of thiophene rings is 1. The van der Waals surface area contributed by atoms with Crippen molar-refractivity contribution < 1.29 is 4.79 Å². The summed E-state index contributed by atoms with van der Waals surface area (Å²) in [5.74, 6) is 0.564. The second-order valence-corrected chi connectivity index (χ2v) is 6.10. The van der Waals surface area contributed by atoms with Gasteiger partial charge in [-0.25, -0.2) is 4.98 Å². The van der Waals surface area contributed by atoms with Gasteiger partial charge in [-0.2, -0.15) is 0 Å². The lowest BCUT2D eigenvalue weighted by atomic mass is 10.2. The molecule has 0 aliphatic heterocycles. The van der Waals surface area contributed by atoms with Crippen LogP contribution in [0.15, 0.2) is 30.5 Å². The van der Waals surface area contributed by atoms with Gasteiger partial charge >= 0.3 is 0 Å². The second kappa shape index (κ2) is 6.72. The molecule has 0 atom stereocenters. The summed E-state index contributed by atoms with van der Waals surface area (Å²) in [6.07, 6.45) is 1.67. The highest BCUT2D eigenvalue weighted by molar-refractivity contribution is 7.16. The van der Waals surface area contributed by atoms with Crippen molar-refractivity contribution in [2.24, 2.45) is 0 Å². The Morgan fingerprint density at radius 3 is 2.90 bits per heavy atom. The average molecular weight is 310 g/mol. The van der Waals surface area contributed by atoms with Crippen molar-refractivity contribution in [1.29, 1.82) is 0 Å². The monoisotopic (exact) mass is 309 g/mol. The zero-order chi connectivity index (χ0) is 14.5. The standard InChI is InChI=1S/C14H16ClN3OS/c1-3-16-13-11(5-4-8-17-13)14(19)18(2)9-10-6-7-12(15)20-10/h4-8H,3,9H2,1-2H3,(H,16,17). The molecule has 0 saturated carbocycles. The van der Waals surface area contributed by atoms with E-state index in [1.807, 2.05) is 19.1 Å². The third-order valence-corrected chi connectivity index (χ3v) is 3.97. The number of carbonyl (C=O) groups excluding carboxylic acids is 1. The first-order valence-electron chi connectivity index (χ1n) is 6.30. The number of amides is 1. The molecule has 2 aromatic heterocycles.